The predicted octanol–water partition coefficient (Wildman–Crippen LogP) is 3.76. The number of aromatic nitrogens is 2. The van der Waals surface area contributed by atoms with Crippen LogP contribution in [-0.4, -0.2) is 9.97 Å². The summed E-state index contributed by atoms with van der Waals surface area (Å²) in [7, 11) is 0. The number of benzene rings is 1. The van der Waals surface area contributed by atoms with Crippen LogP contribution < -0.4 is 0 Å². The molecule has 0 fully saturated rings. The van der Waals surface area contributed by atoms with Crippen LogP contribution in [0, 0.1) is 6.92 Å². The first kappa shape index (κ1) is 10.4. The molecule has 15 heavy (non-hydrogen) atoms. The van der Waals surface area contributed by atoms with E-state index in [9.17, 15) is 0 Å². The monoisotopic (exact) mass is 238 g/mol. The topological polar surface area (TPSA) is 25.8 Å². The van der Waals surface area contributed by atoms with Gasteiger partial charge in [-0.3, -0.25) is 0 Å². The van der Waals surface area contributed by atoms with Crippen LogP contribution in [0.4, 0.5) is 0 Å². The third-order valence-corrected chi connectivity index (χ3v) is 2.34. The first-order valence-corrected chi connectivity index (χ1v) is 5.18. The molecule has 2 aromatic rings. The number of hydrogen-bond donors (Lipinski definition) is 0. The van der Waals surface area contributed by atoms with Crippen molar-refractivity contribution in [3.63, 3.8) is 0 Å². The molecule has 0 unspecified atom stereocenters. The highest BCUT2D eigenvalue weighted by Crippen LogP contribution is 2.22. The van der Waals surface area contributed by atoms with E-state index in [-0.39, 0.29) is 5.28 Å². The van der Waals surface area contributed by atoms with E-state index >= 15 is 0 Å². The van der Waals surface area contributed by atoms with Gasteiger partial charge in [0.1, 0.15) is 5.15 Å². The van der Waals surface area contributed by atoms with E-state index in [2.05, 4.69) is 9.97 Å². The Bertz CT molecular complexity index is 477. The molecular formula is C11H8Cl2N2. The summed E-state index contributed by atoms with van der Waals surface area (Å²) in [6.07, 6.45) is 0. The maximum absolute atomic E-state index is 5.80. The molecular weight excluding hydrogens is 231 g/mol. The van der Waals surface area contributed by atoms with Gasteiger partial charge in [0.25, 0.3) is 0 Å². The van der Waals surface area contributed by atoms with E-state index in [0.717, 1.165) is 11.3 Å². The summed E-state index contributed by atoms with van der Waals surface area (Å²) in [6.45, 7) is 2.02. The molecule has 0 saturated carbocycles. The summed E-state index contributed by atoms with van der Waals surface area (Å²) in [5, 5.41) is 0.519. The number of aryl methyl sites for hydroxylation is 1. The number of rotatable bonds is 1. The number of halogens is 2. The van der Waals surface area contributed by atoms with Crippen LogP contribution in [-0.2, 0) is 0 Å². The molecule has 0 spiro atoms. The van der Waals surface area contributed by atoms with E-state index in [1.165, 1.54) is 5.56 Å². The van der Waals surface area contributed by atoms with E-state index in [1.807, 2.05) is 31.2 Å². The lowest BCUT2D eigenvalue weighted by Gasteiger charge is -2.02. The molecule has 0 atom stereocenters. The summed E-state index contributed by atoms with van der Waals surface area (Å²) in [5.41, 5.74) is 2.89. The van der Waals surface area contributed by atoms with Crippen LogP contribution in [0.3, 0.4) is 0 Å². The molecule has 0 N–H and O–H groups in total. The van der Waals surface area contributed by atoms with Crippen LogP contribution in [0.15, 0.2) is 30.3 Å². The minimum atomic E-state index is 0.166. The standard InChI is InChI=1S/C11H8Cl2N2/c1-7-3-2-4-8(5-7)9-6-10(12)15-11(13)14-9/h2-6H,1H3. The van der Waals surface area contributed by atoms with E-state index < -0.39 is 0 Å². The predicted molar refractivity (Wildman–Crippen MR) is 62.2 cm³/mol. The van der Waals surface area contributed by atoms with Crippen molar-refractivity contribution in [2.45, 2.75) is 6.92 Å². The van der Waals surface area contributed by atoms with E-state index in [0.29, 0.717) is 5.15 Å². The van der Waals surface area contributed by atoms with Gasteiger partial charge in [-0.25, -0.2) is 9.97 Å². The molecule has 76 valence electrons. The second-order valence-electron chi connectivity index (χ2n) is 3.21. The van der Waals surface area contributed by atoms with Crippen molar-refractivity contribution in [2.75, 3.05) is 0 Å². The van der Waals surface area contributed by atoms with Crippen LogP contribution in [0.1, 0.15) is 5.56 Å². The van der Waals surface area contributed by atoms with Crippen molar-refractivity contribution in [3.8, 4) is 11.3 Å². The summed E-state index contributed by atoms with van der Waals surface area (Å²) in [6, 6.07) is 9.67. The smallest absolute Gasteiger partial charge is 0.218 e. The van der Waals surface area contributed by atoms with Crippen molar-refractivity contribution in [1.82, 2.24) is 9.97 Å². The van der Waals surface area contributed by atoms with Gasteiger partial charge >= 0.3 is 0 Å². The lowest BCUT2D eigenvalue weighted by Crippen LogP contribution is -1.88. The molecule has 0 radical (unpaired) electrons. The first-order valence-electron chi connectivity index (χ1n) is 4.42. The van der Waals surface area contributed by atoms with E-state index in [4.69, 9.17) is 23.2 Å². The van der Waals surface area contributed by atoms with Gasteiger partial charge in [-0.2, -0.15) is 0 Å². The Morgan fingerprint density at radius 2 is 1.87 bits per heavy atom. The molecule has 0 bridgehead atoms. The highest BCUT2D eigenvalue weighted by atomic mass is 35.5. The van der Waals surface area contributed by atoms with Gasteiger partial charge in [0.15, 0.2) is 0 Å². The molecule has 1 heterocycles. The lowest BCUT2D eigenvalue weighted by molar-refractivity contribution is 1.17. The second-order valence-corrected chi connectivity index (χ2v) is 3.94. The largest absolute Gasteiger partial charge is 0.224 e. The summed E-state index contributed by atoms with van der Waals surface area (Å²) >= 11 is 11.5. The quantitative estimate of drug-likeness (QED) is 0.559. The van der Waals surface area contributed by atoms with E-state index in [1.54, 1.807) is 6.07 Å². The zero-order valence-electron chi connectivity index (χ0n) is 8.04. The molecule has 1 aromatic heterocycles. The van der Waals surface area contributed by atoms with Crippen LogP contribution in [0.25, 0.3) is 11.3 Å². The highest BCUT2D eigenvalue weighted by molar-refractivity contribution is 6.32. The van der Waals surface area contributed by atoms with Gasteiger partial charge < -0.3 is 0 Å². The number of hydrogen-bond acceptors (Lipinski definition) is 2. The Hall–Kier alpha value is -1.12. The zero-order chi connectivity index (χ0) is 10.8. The summed E-state index contributed by atoms with van der Waals surface area (Å²) in [4.78, 5) is 7.92. The normalized spacial score (nSPS) is 10.3. The molecule has 0 aliphatic rings. The minimum absolute atomic E-state index is 0.166. The van der Waals surface area contributed by atoms with Gasteiger partial charge in [0, 0.05) is 11.6 Å². The van der Waals surface area contributed by atoms with Crippen LogP contribution in [0.2, 0.25) is 10.4 Å². The van der Waals surface area contributed by atoms with Gasteiger partial charge in [-0.15, -0.1) is 0 Å². The Morgan fingerprint density at radius 1 is 1.07 bits per heavy atom. The fraction of sp³-hybridized carbons (Fsp3) is 0.0909. The minimum Gasteiger partial charge on any atom is -0.218 e. The highest BCUT2D eigenvalue weighted by Gasteiger charge is 2.03. The Morgan fingerprint density at radius 3 is 2.53 bits per heavy atom. The number of nitrogens with zero attached hydrogens (tertiary/aromatic N) is 2. The second kappa shape index (κ2) is 4.17. The Balaban J connectivity index is 2.54. The summed E-state index contributed by atoms with van der Waals surface area (Å²) < 4.78 is 0. The van der Waals surface area contributed by atoms with Gasteiger partial charge in [-0.05, 0) is 24.6 Å². The summed E-state index contributed by atoms with van der Waals surface area (Å²) in [5.74, 6) is 0. The molecule has 4 heteroatoms. The van der Waals surface area contributed by atoms with Crippen LogP contribution >= 0.6 is 23.2 Å². The van der Waals surface area contributed by atoms with Crippen molar-refractivity contribution in [3.05, 3.63) is 46.3 Å². The molecule has 2 nitrogen and oxygen atoms in total. The Labute approximate surface area is 97.9 Å². The van der Waals surface area contributed by atoms with Crippen molar-refractivity contribution >= 4 is 23.2 Å². The molecule has 0 amide bonds. The third-order valence-electron chi connectivity index (χ3n) is 1.98. The first-order chi connectivity index (χ1) is 7.15. The fourth-order valence-corrected chi connectivity index (χ4v) is 1.75. The fourth-order valence-electron chi connectivity index (χ4n) is 1.34. The van der Waals surface area contributed by atoms with Crippen molar-refractivity contribution in [1.29, 1.82) is 0 Å². The maximum Gasteiger partial charge on any atom is 0.224 e. The molecule has 0 saturated heterocycles. The third kappa shape index (κ3) is 2.46. The van der Waals surface area contributed by atoms with Crippen molar-refractivity contribution < 1.29 is 0 Å². The lowest BCUT2D eigenvalue weighted by atomic mass is 10.1. The maximum atomic E-state index is 5.80. The molecule has 2 rings (SSSR count). The zero-order valence-corrected chi connectivity index (χ0v) is 9.55. The molecule has 0 aliphatic heterocycles. The van der Waals surface area contributed by atoms with Gasteiger partial charge in [0.05, 0.1) is 5.69 Å². The average molecular weight is 239 g/mol. The van der Waals surface area contributed by atoms with Gasteiger partial charge in [0.2, 0.25) is 5.28 Å². The molecule has 1 aromatic carbocycles. The van der Waals surface area contributed by atoms with Crippen molar-refractivity contribution in [2.24, 2.45) is 0 Å². The molecule has 0 aliphatic carbocycles. The Kier molecular flexibility index (Phi) is 2.89. The van der Waals surface area contributed by atoms with Crippen LogP contribution in [0.5, 0.6) is 0 Å². The van der Waals surface area contributed by atoms with Gasteiger partial charge in [-0.1, -0.05) is 35.4 Å². The SMILES string of the molecule is Cc1cccc(-c2cc(Cl)nc(Cl)n2)c1. The average Bonchev–Trinajstić information content (AvgIpc) is 2.16.